The first kappa shape index (κ1) is 18.4. The highest BCUT2D eigenvalue weighted by Crippen LogP contribution is 2.32. The maximum atomic E-state index is 14.2. The van der Waals surface area contributed by atoms with Gasteiger partial charge in [-0.1, -0.05) is 18.2 Å². The summed E-state index contributed by atoms with van der Waals surface area (Å²) in [6.45, 7) is 1.11. The van der Waals surface area contributed by atoms with E-state index in [0.717, 1.165) is 16.4 Å². The fourth-order valence-corrected chi connectivity index (χ4v) is 4.55. The van der Waals surface area contributed by atoms with E-state index in [-0.39, 0.29) is 24.2 Å². The standard InChI is InChI=1S/C17H15F3N2O3S/c1-10-8-15(14(20)9-13(10)19)26(24,25)22-7-6-21-17(23)16(22)11-4-2-3-5-12(11)18/h2-5,8-9,16H,6-7H2,1H3,(H,21,23). The Labute approximate surface area is 148 Å². The molecule has 9 heteroatoms. The molecule has 1 fully saturated rings. The summed E-state index contributed by atoms with van der Waals surface area (Å²) < 4.78 is 68.5. The number of benzene rings is 2. The molecule has 0 spiro atoms. The van der Waals surface area contributed by atoms with Gasteiger partial charge in [-0.3, -0.25) is 4.79 Å². The Balaban J connectivity index is 2.14. The summed E-state index contributed by atoms with van der Waals surface area (Å²) in [5.41, 5.74) is -0.207. The van der Waals surface area contributed by atoms with Crippen molar-refractivity contribution in [3.63, 3.8) is 0 Å². The summed E-state index contributed by atoms with van der Waals surface area (Å²) in [7, 11) is -4.51. The van der Waals surface area contributed by atoms with Crippen LogP contribution in [0, 0.1) is 24.4 Å². The van der Waals surface area contributed by atoms with Crippen LogP contribution >= 0.6 is 0 Å². The molecule has 138 valence electrons. The SMILES string of the molecule is Cc1cc(S(=O)(=O)N2CCNC(=O)C2c2ccccc2F)c(F)cc1F. The minimum atomic E-state index is -4.51. The number of rotatable bonds is 3. The summed E-state index contributed by atoms with van der Waals surface area (Å²) >= 11 is 0. The van der Waals surface area contributed by atoms with Crippen molar-refractivity contribution in [2.75, 3.05) is 13.1 Å². The molecule has 1 N–H and O–H groups in total. The van der Waals surface area contributed by atoms with E-state index < -0.39 is 44.3 Å². The highest BCUT2D eigenvalue weighted by atomic mass is 32.2. The van der Waals surface area contributed by atoms with Crippen molar-refractivity contribution < 1.29 is 26.4 Å². The van der Waals surface area contributed by atoms with Crippen LogP contribution in [0.2, 0.25) is 0 Å². The molecule has 3 rings (SSSR count). The van der Waals surface area contributed by atoms with E-state index in [1.54, 1.807) is 0 Å². The average Bonchev–Trinajstić information content (AvgIpc) is 2.58. The number of carbonyl (C=O) groups excluding carboxylic acids is 1. The predicted molar refractivity (Wildman–Crippen MR) is 87.1 cm³/mol. The Morgan fingerprint density at radius 1 is 1.08 bits per heavy atom. The van der Waals surface area contributed by atoms with E-state index in [9.17, 15) is 26.4 Å². The molecule has 2 aromatic carbocycles. The average molecular weight is 384 g/mol. The van der Waals surface area contributed by atoms with Gasteiger partial charge in [0.15, 0.2) is 0 Å². The van der Waals surface area contributed by atoms with Crippen molar-refractivity contribution in [2.24, 2.45) is 0 Å². The quantitative estimate of drug-likeness (QED) is 0.883. The Morgan fingerprint density at radius 3 is 2.46 bits per heavy atom. The summed E-state index contributed by atoms with van der Waals surface area (Å²) in [4.78, 5) is 11.5. The Morgan fingerprint density at radius 2 is 1.77 bits per heavy atom. The summed E-state index contributed by atoms with van der Waals surface area (Å²) in [6.07, 6.45) is 0. The van der Waals surface area contributed by atoms with Gasteiger partial charge in [0.25, 0.3) is 0 Å². The molecule has 0 bridgehead atoms. The molecule has 1 amide bonds. The second-order valence-electron chi connectivity index (χ2n) is 5.86. The third kappa shape index (κ3) is 3.08. The van der Waals surface area contributed by atoms with Crippen LogP contribution in [-0.4, -0.2) is 31.7 Å². The molecule has 1 aliphatic heterocycles. The lowest BCUT2D eigenvalue weighted by molar-refractivity contribution is -0.127. The number of carbonyl (C=O) groups is 1. The van der Waals surface area contributed by atoms with E-state index in [1.807, 2.05) is 0 Å². The molecule has 26 heavy (non-hydrogen) atoms. The lowest BCUT2D eigenvalue weighted by Gasteiger charge is -2.34. The second kappa shape index (κ2) is 6.73. The van der Waals surface area contributed by atoms with Crippen molar-refractivity contribution in [3.05, 3.63) is 65.0 Å². The minimum absolute atomic E-state index is 0.00912. The van der Waals surface area contributed by atoms with Crippen LogP contribution in [0.1, 0.15) is 17.2 Å². The van der Waals surface area contributed by atoms with Gasteiger partial charge in [-0.15, -0.1) is 0 Å². The van der Waals surface area contributed by atoms with Crippen LogP contribution in [0.5, 0.6) is 0 Å². The molecule has 1 heterocycles. The fraction of sp³-hybridized carbons (Fsp3) is 0.235. The Hall–Kier alpha value is -2.39. The fourth-order valence-electron chi connectivity index (χ4n) is 2.85. The second-order valence-corrected chi connectivity index (χ2v) is 7.72. The van der Waals surface area contributed by atoms with Crippen LogP contribution in [-0.2, 0) is 14.8 Å². The molecular weight excluding hydrogens is 369 g/mol. The number of amides is 1. The molecule has 1 saturated heterocycles. The molecule has 0 aromatic heterocycles. The van der Waals surface area contributed by atoms with Crippen molar-refractivity contribution in [1.29, 1.82) is 0 Å². The normalized spacial score (nSPS) is 18.6. The van der Waals surface area contributed by atoms with E-state index in [2.05, 4.69) is 5.32 Å². The van der Waals surface area contributed by atoms with Crippen LogP contribution < -0.4 is 5.32 Å². The molecule has 5 nitrogen and oxygen atoms in total. The van der Waals surface area contributed by atoms with E-state index >= 15 is 0 Å². The number of hydrogen-bond donors (Lipinski definition) is 1. The smallest absolute Gasteiger partial charge is 0.247 e. The molecular formula is C17H15F3N2O3S. The van der Waals surface area contributed by atoms with Crippen LogP contribution in [0.3, 0.4) is 0 Å². The molecule has 1 unspecified atom stereocenters. The van der Waals surface area contributed by atoms with Gasteiger partial charge in [0.05, 0.1) is 0 Å². The van der Waals surface area contributed by atoms with Crippen LogP contribution in [0.4, 0.5) is 13.2 Å². The maximum Gasteiger partial charge on any atom is 0.247 e. The first-order valence-electron chi connectivity index (χ1n) is 7.73. The third-order valence-corrected chi connectivity index (χ3v) is 6.05. The first-order chi connectivity index (χ1) is 12.2. The zero-order valence-electron chi connectivity index (χ0n) is 13.7. The summed E-state index contributed by atoms with van der Waals surface area (Å²) in [5, 5.41) is 2.48. The zero-order chi connectivity index (χ0) is 19.1. The minimum Gasteiger partial charge on any atom is -0.353 e. The Bertz CT molecular complexity index is 979. The van der Waals surface area contributed by atoms with Gasteiger partial charge in [-0.2, -0.15) is 4.31 Å². The number of sulfonamides is 1. The van der Waals surface area contributed by atoms with Crippen molar-refractivity contribution in [2.45, 2.75) is 17.9 Å². The number of nitrogens with one attached hydrogen (secondary N) is 1. The number of aryl methyl sites for hydroxylation is 1. The van der Waals surface area contributed by atoms with Crippen LogP contribution in [0.15, 0.2) is 41.3 Å². The van der Waals surface area contributed by atoms with Crippen molar-refractivity contribution in [3.8, 4) is 0 Å². The largest absolute Gasteiger partial charge is 0.353 e. The Kier molecular flexibility index (Phi) is 4.76. The third-order valence-electron chi connectivity index (χ3n) is 4.17. The molecule has 1 aliphatic rings. The molecule has 0 radical (unpaired) electrons. The number of piperazine rings is 1. The van der Waals surface area contributed by atoms with Gasteiger partial charge in [-0.05, 0) is 24.6 Å². The number of nitrogens with zero attached hydrogens (tertiary/aromatic N) is 1. The van der Waals surface area contributed by atoms with Gasteiger partial charge >= 0.3 is 0 Å². The molecule has 1 atom stereocenters. The predicted octanol–water partition coefficient (Wildman–Crippen LogP) is 2.27. The topological polar surface area (TPSA) is 66.5 Å². The van der Waals surface area contributed by atoms with Gasteiger partial charge in [0.2, 0.25) is 15.9 Å². The van der Waals surface area contributed by atoms with E-state index in [4.69, 9.17) is 0 Å². The van der Waals surface area contributed by atoms with Gasteiger partial charge < -0.3 is 5.32 Å². The summed E-state index contributed by atoms with van der Waals surface area (Å²) in [6, 6.07) is 5.12. The van der Waals surface area contributed by atoms with Crippen molar-refractivity contribution >= 4 is 15.9 Å². The molecule has 2 aromatic rings. The van der Waals surface area contributed by atoms with Gasteiger partial charge in [-0.25, -0.2) is 21.6 Å². The van der Waals surface area contributed by atoms with Gasteiger partial charge in [0.1, 0.15) is 28.4 Å². The van der Waals surface area contributed by atoms with E-state index in [1.165, 1.54) is 25.1 Å². The van der Waals surface area contributed by atoms with Crippen LogP contribution in [0.25, 0.3) is 0 Å². The highest BCUT2D eigenvalue weighted by Gasteiger charge is 2.41. The monoisotopic (exact) mass is 384 g/mol. The zero-order valence-corrected chi connectivity index (χ0v) is 14.5. The van der Waals surface area contributed by atoms with Crippen molar-refractivity contribution in [1.82, 2.24) is 9.62 Å². The molecule has 0 aliphatic carbocycles. The highest BCUT2D eigenvalue weighted by molar-refractivity contribution is 7.89. The lowest BCUT2D eigenvalue weighted by Crippen LogP contribution is -2.52. The lowest BCUT2D eigenvalue weighted by atomic mass is 10.0. The maximum absolute atomic E-state index is 14.2. The molecule has 0 saturated carbocycles. The number of halogens is 3. The number of hydrogen-bond acceptors (Lipinski definition) is 3. The first-order valence-corrected chi connectivity index (χ1v) is 9.17. The van der Waals surface area contributed by atoms with Gasteiger partial charge in [0, 0.05) is 24.7 Å². The van der Waals surface area contributed by atoms with E-state index in [0.29, 0.717) is 6.07 Å². The summed E-state index contributed by atoms with van der Waals surface area (Å²) in [5.74, 6) is -3.63.